The van der Waals surface area contributed by atoms with Crippen LogP contribution in [0.5, 0.6) is 0 Å². The summed E-state index contributed by atoms with van der Waals surface area (Å²) in [6, 6.07) is 6.22. The van der Waals surface area contributed by atoms with E-state index in [-0.39, 0.29) is 5.91 Å². The molecule has 1 aromatic rings. The van der Waals surface area contributed by atoms with Gasteiger partial charge in [0.15, 0.2) is 0 Å². The molecule has 0 atom stereocenters. The van der Waals surface area contributed by atoms with Gasteiger partial charge in [-0.05, 0) is 31.2 Å². The Hall–Kier alpha value is -1.07. The zero-order valence-corrected chi connectivity index (χ0v) is 12.1. The molecule has 0 radical (unpaired) electrons. The van der Waals surface area contributed by atoms with Gasteiger partial charge in [0.25, 0.3) is 0 Å². The molecular formula is C13H18BrN3O. The van der Waals surface area contributed by atoms with Crippen molar-refractivity contribution in [3.63, 3.8) is 0 Å². The molecule has 0 saturated carbocycles. The van der Waals surface area contributed by atoms with Gasteiger partial charge in [-0.25, -0.2) is 0 Å². The van der Waals surface area contributed by atoms with Crippen LogP contribution in [0.1, 0.15) is 12.0 Å². The average molecular weight is 312 g/mol. The summed E-state index contributed by atoms with van der Waals surface area (Å²) in [4.78, 5) is 13.8. The maximum absolute atomic E-state index is 11.6. The maximum Gasteiger partial charge on any atom is 0.239 e. The van der Waals surface area contributed by atoms with Gasteiger partial charge in [0.05, 0.1) is 6.54 Å². The lowest BCUT2D eigenvalue weighted by molar-refractivity contribution is -0.119. The molecule has 1 aliphatic heterocycles. The van der Waals surface area contributed by atoms with Crippen LogP contribution in [-0.2, 0) is 11.3 Å². The molecule has 1 fully saturated rings. The van der Waals surface area contributed by atoms with Crippen molar-refractivity contribution >= 4 is 27.5 Å². The van der Waals surface area contributed by atoms with E-state index in [2.05, 4.69) is 43.6 Å². The first-order valence-corrected chi connectivity index (χ1v) is 6.94. The number of carbonyl (C=O) groups excluding carboxylic acids is 1. The Bertz CT molecular complexity index is 436. The topological polar surface area (TPSA) is 44.4 Å². The van der Waals surface area contributed by atoms with Crippen molar-refractivity contribution in [2.45, 2.75) is 13.0 Å². The number of rotatable bonds is 3. The highest BCUT2D eigenvalue weighted by atomic mass is 79.9. The van der Waals surface area contributed by atoms with Gasteiger partial charge in [0, 0.05) is 29.8 Å². The molecule has 5 heteroatoms. The van der Waals surface area contributed by atoms with E-state index in [1.807, 2.05) is 13.1 Å². The van der Waals surface area contributed by atoms with E-state index in [9.17, 15) is 4.79 Å². The quantitative estimate of drug-likeness (QED) is 0.889. The highest BCUT2D eigenvalue weighted by Crippen LogP contribution is 2.25. The van der Waals surface area contributed by atoms with E-state index in [0.717, 1.165) is 36.2 Å². The minimum Gasteiger partial charge on any atom is -0.362 e. The van der Waals surface area contributed by atoms with E-state index in [4.69, 9.17) is 0 Å². The number of nitrogens with zero attached hydrogens (tertiary/aromatic N) is 1. The van der Waals surface area contributed by atoms with Gasteiger partial charge in [0.2, 0.25) is 5.91 Å². The van der Waals surface area contributed by atoms with Crippen LogP contribution < -0.4 is 15.5 Å². The number of amides is 1. The van der Waals surface area contributed by atoms with Crippen molar-refractivity contribution in [2.75, 3.05) is 31.6 Å². The second kappa shape index (κ2) is 6.20. The van der Waals surface area contributed by atoms with Crippen LogP contribution in [0.25, 0.3) is 0 Å². The largest absolute Gasteiger partial charge is 0.362 e. The minimum absolute atomic E-state index is 0.0999. The van der Waals surface area contributed by atoms with Crippen LogP contribution in [-0.4, -0.2) is 32.6 Å². The van der Waals surface area contributed by atoms with Crippen molar-refractivity contribution < 1.29 is 4.79 Å². The summed E-state index contributed by atoms with van der Waals surface area (Å²) in [7, 11) is 1.93. The smallest absolute Gasteiger partial charge is 0.239 e. The number of anilines is 1. The average Bonchev–Trinajstić information content (AvgIpc) is 2.56. The Morgan fingerprint density at radius 2 is 2.33 bits per heavy atom. The molecule has 4 nitrogen and oxygen atoms in total. The molecule has 1 aromatic carbocycles. The molecule has 1 amide bonds. The van der Waals surface area contributed by atoms with Crippen LogP contribution in [0.15, 0.2) is 22.7 Å². The van der Waals surface area contributed by atoms with Crippen LogP contribution in [0.3, 0.4) is 0 Å². The third kappa shape index (κ3) is 3.23. The Labute approximate surface area is 116 Å². The highest BCUT2D eigenvalue weighted by Gasteiger charge is 2.17. The molecule has 1 aliphatic rings. The van der Waals surface area contributed by atoms with Crippen LogP contribution in [0, 0.1) is 0 Å². The fourth-order valence-corrected chi connectivity index (χ4v) is 2.53. The van der Waals surface area contributed by atoms with E-state index < -0.39 is 0 Å². The van der Waals surface area contributed by atoms with E-state index in [1.54, 1.807) is 0 Å². The van der Waals surface area contributed by atoms with Crippen LogP contribution >= 0.6 is 15.9 Å². The third-order valence-corrected chi connectivity index (χ3v) is 3.51. The summed E-state index contributed by atoms with van der Waals surface area (Å²) in [6.07, 6.45) is 0.983. The molecule has 2 N–H and O–H groups in total. The molecule has 0 aromatic heterocycles. The second-order valence-electron chi connectivity index (χ2n) is 4.43. The number of hydrogen-bond acceptors (Lipinski definition) is 3. The number of carbonyl (C=O) groups is 1. The summed E-state index contributed by atoms with van der Waals surface area (Å²) in [5, 5.41) is 6.07. The third-order valence-electron chi connectivity index (χ3n) is 3.02. The van der Waals surface area contributed by atoms with Crippen molar-refractivity contribution in [1.29, 1.82) is 0 Å². The number of halogens is 1. The van der Waals surface area contributed by atoms with Crippen molar-refractivity contribution in [2.24, 2.45) is 0 Å². The molecular weight excluding hydrogens is 294 g/mol. The molecule has 0 bridgehead atoms. The zero-order chi connectivity index (χ0) is 13.0. The standard InChI is InChI=1S/C13H18BrN3O/c1-15-8-10-3-4-11(14)7-12(10)17-6-2-5-16-13(18)9-17/h3-4,7,15H,2,5-6,8-9H2,1H3,(H,16,18). The fraction of sp³-hybridized carbons (Fsp3) is 0.462. The van der Waals surface area contributed by atoms with Gasteiger partial charge >= 0.3 is 0 Å². The summed E-state index contributed by atoms with van der Waals surface area (Å²) < 4.78 is 1.04. The fourth-order valence-electron chi connectivity index (χ4n) is 2.18. The van der Waals surface area contributed by atoms with Gasteiger partial charge in [0.1, 0.15) is 0 Å². The lowest BCUT2D eigenvalue weighted by Crippen LogP contribution is -2.33. The van der Waals surface area contributed by atoms with Gasteiger partial charge in [-0.15, -0.1) is 0 Å². The Kier molecular flexibility index (Phi) is 4.60. The Morgan fingerprint density at radius 1 is 1.50 bits per heavy atom. The first-order chi connectivity index (χ1) is 8.70. The van der Waals surface area contributed by atoms with Crippen LogP contribution in [0.4, 0.5) is 5.69 Å². The monoisotopic (exact) mass is 311 g/mol. The summed E-state index contributed by atoms with van der Waals surface area (Å²) in [5.74, 6) is 0.0999. The predicted molar refractivity (Wildman–Crippen MR) is 76.7 cm³/mol. The summed E-state index contributed by atoms with van der Waals surface area (Å²) in [5.41, 5.74) is 2.35. The SMILES string of the molecule is CNCc1ccc(Br)cc1N1CCCNC(=O)C1. The van der Waals surface area contributed by atoms with Crippen molar-refractivity contribution in [3.8, 4) is 0 Å². The first-order valence-electron chi connectivity index (χ1n) is 6.15. The maximum atomic E-state index is 11.6. The van der Waals surface area contributed by atoms with Crippen LogP contribution in [0.2, 0.25) is 0 Å². The number of benzene rings is 1. The Balaban J connectivity index is 2.28. The lowest BCUT2D eigenvalue weighted by Gasteiger charge is -2.24. The van der Waals surface area contributed by atoms with Gasteiger partial charge < -0.3 is 15.5 Å². The molecule has 1 saturated heterocycles. The minimum atomic E-state index is 0.0999. The normalized spacial score (nSPS) is 16.3. The number of nitrogens with one attached hydrogen (secondary N) is 2. The molecule has 1 heterocycles. The molecule has 2 rings (SSSR count). The van der Waals surface area contributed by atoms with Gasteiger partial charge in [-0.3, -0.25) is 4.79 Å². The van der Waals surface area contributed by atoms with Gasteiger partial charge in [-0.1, -0.05) is 22.0 Å². The molecule has 0 unspecified atom stereocenters. The van der Waals surface area contributed by atoms with Gasteiger partial charge in [-0.2, -0.15) is 0 Å². The highest BCUT2D eigenvalue weighted by molar-refractivity contribution is 9.10. The molecule has 18 heavy (non-hydrogen) atoms. The lowest BCUT2D eigenvalue weighted by atomic mass is 10.1. The van der Waals surface area contributed by atoms with E-state index in [0.29, 0.717) is 6.54 Å². The molecule has 98 valence electrons. The second-order valence-corrected chi connectivity index (χ2v) is 5.34. The predicted octanol–water partition coefficient (Wildman–Crippen LogP) is 1.49. The Morgan fingerprint density at radius 3 is 3.11 bits per heavy atom. The molecule has 0 spiro atoms. The first kappa shape index (κ1) is 13.4. The molecule has 0 aliphatic carbocycles. The van der Waals surface area contributed by atoms with E-state index >= 15 is 0 Å². The zero-order valence-electron chi connectivity index (χ0n) is 10.5. The summed E-state index contributed by atoms with van der Waals surface area (Å²) in [6.45, 7) is 2.92. The summed E-state index contributed by atoms with van der Waals surface area (Å²) >= 11 is 3.50. The van der Waals surface area contributed by atoms with Crippen molar-refractivity contribution in [1.82, 2.24) is 10.6 Å². The van der Waals surface area contributed by atoms with Crippen molar-refractivity contribution in [3.05, 3.63) is 28.2 Å². The number of hydrogen-bond donors (Lipinski definition) is 2. The van der Waals surface area contributed by atoms with E-state index in [1.165, 1.54) is 5.56 Å².